The summed E-state index contributed by atoms with van der Waals surface area (Å²) in [7, 11) is 1.88. The van der Waals surface area contributed by atoms with E-state index in [9.17, 15) is 9.59 Å². The summed E-state index contributed by atoms with van der Waals surface area (Å²) in [4.78, 5) is 26.7. The largest absolute Gasteiger partial charge is 0.353 e. The van der Waals surface area contributed by atoms with Gasteiger partial charge in [-0.25, -0.2) is 0 Å². The fourth-order valence-corrected chi connectivity index (χ4v) is 4.34. The van der Waals surface area contributed by atoms with Gasteiger partial charge in [0, 0.05) is 32.0 Å². The first-order valence-electron chi connectivity index (χ1n) is 10.0. The second-order valence-electron chi connectivity index (χ2n) is 9.03. The Kier molecular flexibility index (Phi) is 7.29. The van der Waals surface area contributed by atoms with Crippen LogP contribution in [0.2, 0.25) is 0 Å². The van der Waals surface area contributed by atoms with Crippen molar-refractivity contribution in [1.29, 1.82) is 0 Å². The van der Waals surface area contributed by atoms with E-state index in [1.165, 1.54) is 25.7 Å². The normalized spacial score (nSPS) is 25.0. The van der Waals surface area contributed by atoms with Gasteiger partial charge in [-0.15, -0.1) is 0 Å². The first kappa shape index (κ1) is 20.2. The minimum Gasteiger partial charge on any atom is -0.353 e. The molecule has 0 atom stereocenters. The highest BCUT2D eigenvalue weighted by molar-refractivity contribution is 5.79. The van der Waals surface area contributed by atoms with Crippen LogP contribution < -0.4 is 11.1 Å². The summed E-state index contributed by atoms with van der Waals surface area (Å²) in [6.45, 7) is 5.45. The van der Waals surface area contributed by atoms with Crippen LogP contribution >= 0.6 is 0 Å². The van der Waals surface area contributed by atoms with Crippen molar-refractivity contribution >= 4 is 11.8 Å². The van der Waals surface area contributed by atoms with Gasteiger partial charge in [0.1, 0.15) is 0 Å². The van der Waals surface area contributed by atoms with Crippen LogP contribution in [0.25, 0.3) is 0 Å². The number of rotatable bonds is 7. The molecule has 2 amide bonds. The van der Waals surface area contributed by atoms with Crippen molar-refractivity contribution in [3.63, 3.8) is 0 Å². The summed E-state index contributed by atoms with van der Waals surface area (Å²) in [6.07, 6.45) is 9.25. The predicted octanol–water partition coefficient (Wildman–Crippen LogP) is 2.68. The minimum absolute atomic E-state index is 0.0458. The summed E-state index contributed by atoms with van der Waals surface area (Å²) in [6, 6.07) is 0.253. The van der Waals surface area contributed by atoms with Crippen molar-refractivity contribution in [3.05, 3.63) is 0 Å². The molecule has 0 saturated heterocycles. The lowest BCUT2D eigenvalue weighted by molar-refractivity contribution is -0.136. The number of hydrogen-bond donors (Lipinski definition) is 2. The Morgan fingerprint density at radius 3 is 2.24 bits per heavy atom. The molecule has 5 heteroatoms. The van der Waals surface area contributed by atoms with Gasteiger partial charge in [-0.05, 0) is 56.4 Å². The molecule has 3 N–H and O–H groups in total. The fraction of sp³-hybridized carbons (Fsp3) is 0.900. The highest BCUT2D eigenvalue weighted by Crippen LogP contribution is 2.29. The average molecular weight is 352 g/mol. The lowest BCUT2D eigenvalue weighted by Crippen LogP contribution is -2.44. The Labute approximate surface area is 153 Å². The standard InChI is InChI=1S/C20H37N3O2/c1-20(2,13-21)14-23(3)19(25)16-8-10-17(11-9-16)22-18(24)12-15-6-4-5-7-15/h15-17H,4-14,21H2,1-3H3,(H,22,24). The molecule has 5 nitrogen and oxygen atoms in total. The van der Waals surface area contributed by atoms with Gasteiger partial charge in [0.2, 0.25) is 11.8 Å². The van der Waals surface area contributed by atoms with E-state index in [1.807, 2.05) is 11.9 Å². The summed E-state index contributed by atoms with van der Waals surface area (Å²) < 4.78 is 0. The van der Waals surface area contributed by atoms with E-state index in [-0.39, 0.29) is 29.2 Å². The molecule has 0 aromatic heterocycles. The smallest absolute Gasteiger partial charge is 0.225 e. The second kappa shape index (κ2) is 9.02. The lowest BCUT2D eigenvalue weighted by atomic mass is 9.84. The van der Waals surface area contributed by atoms with E-state index < -0.39 is 0 Å². The van der Waals surface area contributed by atoms with Crippen LogP contribution in [0, 0.1) is 17.3 Å². The zero-order valence-electron chi connectivity index (χ0n) is 16.4. The third kappa shape index (κ3) is 6.28. The molecule has 2 aliphatic rings. The topological polar surface area (TPSA) is 75.4 Å². The fourth-order valence-electron chi connectivity index (χ4n) is 4.34. The SMILES string of the molecule is CN(CC(C)(C)CN)C(=O)C1CCC(NC(=O)CC2CCCC2)CC1. The van der Waals surface area contributed by atoms with Crippen LogP contribution in [-0.4, -0.2) is 42.9 Å². The molecule has 2 saturated carbocycles. The van der Waals surface area contributed by atoms with Crippen molar-refractivity contribution in [1.82, 2.24) is 10.2 Å². The quantitative estimate of drug-likeness (QED) is 0.740. The Morgan fingerprint density at radius 2 is 1.68 bits per heavy atom. The van der Waals surface area contributed by atoms with Gasteiger partial charge in [0.05, 0.1) is 0 Å². The van der Waals surface area contributed by atoms with Crippen LogP contribution in [0.15, 0.2) is 0 Å². The molecule has 0 unspecified atom stereocenters. The minimum atomic E-state index is -0.0458. The average Bonchev–Trinajstić information content (AvgIpc) is 3.07. The van der Waals surface area contributed by atoms with Crippen molar-refractivity contribution in [2.75, 3.05) is 20.1 Å². The van der Waals surface area contributed by atoms with Crippen molar-refractivity contribution in [3.8, 4) is 0 Å². The van der Waals surface area contributed by atoms with E-state index in [0.717, 1.165) is 25.7 Å². The highest BCUT2D eigenvalue weighted by Gasteiger charge is 2.31. The zero-order valence-corrected chi connectivity index (χ0v) is 16.4. The lowest BCUT2D eigenvalue weighted by Gasteiger charge is -2.34. The second-order valence-corrected chi connectivity index (χ2v) is 9.03. The Bertz CT molecular complexity index is 450. The van der Waals surface area contributed by atoms with Gasteiger partial charge in [0.25, 0.3) is 0 Å². The molecule has 0 aromatic carbocycles. The van der Waals surface area contributed by atoms with E-state index in [2.05, 4.69) is 19.2 Å². The number of amides is 2. The van der Waals surface area contributed by atoms with Gasteiger partial charge in [0.15, 0.2) is 0 Å². The molecule has 2 rings (SSSR count). The summed E-state index contributed by atoms with van der Waals surface area (Å²) in [5, 5.41) is 3.20. The van der Waals surface area contributed by atoms with E-state index >= 15 is 0 Å². The first-order valence-corrected chi connectivity index (χ1v) is 10.0. The molecule has 0 bridgehead atoms. The number of carbonyl (C=O) groups is 2. The van der Waals surface area contributed by atoms with Gasteiger partial charge in [-0.1, -0.05) is 26.7 Å². The molecule has 25 heavy (non-hydrogen) atoms. The summed E-state index contributed by atoms with van der Waals surface area (Å²) in [5.74, 6) is 1.14. The van der Waals surface area contributed by atoms with E-state index in [1.54, 1.807) is 0 Å². The molecular weight excluding hydrogens is 314 g/mol. The van der Waals surface area contributed by atoms with Gasteiger partial charge in [-0.2, -0.15) is 0 Å². The van der Waals surface area contributed by atoms with Gasteiger partial charge < -0.3 is 16.0 Å². The number of nitrogens with one attached hydrogen (secondary N) is 1. The zero-order chi connectivity index (χ0) is 18.4. The summed E-state index contributed by atoms with van der Waals surface area (Å²) >= 11 is 0. The van der Waals surface area contributed by atoms with Crippen LogP contribution in [0.1, 0.15) is 71.6 Å². The molecule has 0 heterocycles. The highest BCUT2D eigenvalue weighted by atomic mass is 16.2. The molecule has 0 aromatic rings. The van der Waals surface area contributed by atoms with Crippen LogP contribution in [-0.2, 0) is 9.59 Å². The third-order valence-corrected chi connectivity index (χ3v) is 5.98. The summed E-state index contributed by atoms with van der Waals surface area (Å²) in [5.41, 5.74) is 5.73. The van der Waals surface area contributed by atoms with Crippen LogP contribution in [0.5, 0.6) is 0 Å². The monoisotopic (exact) mass is 351 g/mol. The van der Waals surface area contributed by atoms with Gasteiger partial charge in [-0.3, -0.25) is 9.59 Å². The number of nitrogens with two attached hydrogens (primary N) is 1. The first-order chi connectivity index (χ1) is 11.8. The molecule has 0 radical (unpaired) electrons. The molecule has 0 spiro atoms. The van der Waals surface area contributed by atoms with Crippen LogP contribution in [0.3, 0.4) is 0 Å². The van der Waals surface area contributed by atoms with E-state index in [4.69, 9.17) is 5.73 Å². The molecular formula is C20H37N3O2. The third-order valence-electron chi connectivity index (χ3n) is 5.98. The molecule has 2 fully saturated rings. The number of nitrogens with zero attached hydrogens (tertiary/aromatic N) is 1. The number of hydrogen-bond acceptors (Lipinski definition) is 3. The Morgan fingerprint density at radius 1 is 1.08 bits per heavy atom. The maximum Gasteiger partial charge on any atom is 0.225 e. The molecule has 144 valence electrons. The molecule has 2 aliphatic carbocycles. The molecule has 0 aliphatic heterocycles. The van der Waals surface area contributed by atoms with Crippen LogP contribution in [0.4, 0.5) is 0 Å². The Hall–Kier alpha value is -1.10. The van der Waals surface area contributed by atoms with E-state index in [0.29, 0.717) is 25.4 Å². The Balaban J connectivity index is 1.71. The van der Waals surface area contributed by atoms with Crippen molar-refractivity contribution < 1.29 is 9.59 Å². The maximum atomic E-state index is 12.6. The van der Waals surface area contributed by atoms with Gasteiger partial charge >= 0.3 is 0 Å². The number of carbonyl (C=O) groups excluding carboxylic acids is 2. The maximum absolute atomic E-state index is 12.6. The van der Waals surface area contributed by atoms with Crippen molar-refractivity contribution in [2.24, 2.45) is 23.0 Å². The predicted molar refractivity (Wildman–Crippen MR) is 101 cm³/mol. The van der Waals surface area contributed by atoms with Crippen molar-refractivity contribution in [2.45, 2.75) is 77.7 Å².